The van der Waals surface area contributed by atoms with E-state index in [0.717, 1.165) is 4.88 Å². The van der Waals surface area contributed by atoms with E-state index in [4.69, 9.17) is 8.94 Å². The van der Waals surface area contributed by atoms with Crippen molar-refractivity contribution >= 4 is 33.0 Å². The molecule has 1 N–H and O–H groups in total. The van der Waals surface area contributed by atoms with E-state index in [2.05, 4.69) is 15.6 Å². The highest BCUT2D eigenvalue weighted by Gasteiger charge is 2.32. The zero-order chi connectivity index (χ0) is 20.7. The third-order valence-corrected chi connectivity index (χ3v) is 7.46. The molecule has 5 heterocycles. The van der Waals surface area contributed by atoms with Crippen molar-refractivity contribution in [1.29, 1.82) is 0 Å². The van der Waals surface area contributed by atoms with Gasteiger partial charge in [0.2, 0.25) is 5.88 Å². The first-order chi connectivity index (χ1) is 14.5. The lowest BCUT2D eigenvalue weighted by Crippen LogP contribution is -2.16. The van der Waals surface area contributed by atoms with Crippen LogP contribution < -0.4 is 5.32 Å². The lowest BCUT2D eigenvalue weighted by molar-refractivity contribution is 0.101. The first-order valence-corrected chi connectivity index (χ1v) is 11.8. The van der Waals surface area contributed by atoms with Gasteiger partial charge in [-0.15, -0.1) is 11.3 Å². The molecule has 0 saturated carbocycles. The summed E-state index contributed by atoms with van der Waals surface area (Å²) in [6, 6.07) is 10.1. The molecule has 0 aromatic carbocycles. The Morgan fingerprint density at radius 1 is 1.27 bits per heavy atom. The maximum absolute atomic E-state index is 12.8. The topological polar surface area (TPSA) is 120 Å². The van der Waals surface area contributed by atoms with Crippen LogP contribution in [0.25, 0.3) is 22.0 Å². The standard InChI is InChI=1S/C19H16N4O5S2/c24-19(20-18-10-13(22-28-18)17-4-2-7-29-17)14-9-15(16-3-1-6-27-16)23(21-14)12-5-8-30(25,26)11-12/h1-4,6-7,9-10,12H,5,8,11H2,(H,20,24). The van der Waals surface area contributed by atoms with Crippen LogP contribution in [0.4, 0.5) is 5.88 Å². The average molecular weight is 444 g/mol. The number of thiophene rings is 1. The van der Waals surface area contributed by atoms with E-state index in [1.807, 2.05) is 17.5 Å². The van der Waals surface area contributed by atoms with E-state index >= 15 is 0 Å². The molecule has 11 heteroatoms. The summed E-state index contributed by atoms with van der Waals surface area (Å²) in [5, 5.41) is 12.9. The summed E-state index contributed by atoms with van der Waals surface area (Å²) in [5.41, 5.74) is 1.29. The van der Waals surface area contributed by atoms with Crippen molar-refractivity contribution in [3.05, 3.63) is 53.7 Å². The minimum absolute atomic E-state index is 0.0181. The maximum atomic E-state index is 12.8. The van der Waals surface area contributed by atoms with E-state index in [-0.39, 0.29) is 29.1 Å². The highest BCUT2D eigenvalue weighted by Crippen LogP contribution is 2.31. The van der Waals surface area contributed by atoms with E-state index < -0.39 is 15.7 Å². The Labute approximate surface area is 175 Å². The summed E-state index contributed by atoms with van der Waals surface area (Å²) in [5.74, 6) is 0.290. The van der Waals surface area contributed by atoms with Crippen molar-refractivity contribution in [3.8, 4) is 22.0 Å². The lowest BCUT2D eigenvalue weighted by Gasteiger charge is -2.11. The molecule has 0 bridgehead atoms. The van der Waals surface area contributed by atoms with Crippen LogP contribution in [0.5, 0.6) is 0 Å². The van der Waals surface area contributed by atoms with Crippen molar-refractivity contribution in [2.75, 3.05) is 16.8 Å². The predicted octanol–water partition coefficient (Wildman–Crippen LogP) is 3.47. The predicted molar refractivity (Wildman–Crippen MR) is 110 cm³/mol. The van der Waals surface area contributed by atoms with Crippen LogP contribution >= 0.6 is 11.3 Å². The third kappa shape index (κ3) is 3.57. The highest BCUT2D eigenvalue weighted by atomic mass is 32.2. The molecule has 1 amide bonds. The van der Waals surface area contributed by atoms with Crippen molar-refractivity contribution in [1.82, 2.24) is 14.9 Å². The minimum Gasteiger partial charge on any atom is -0.463 e. The molecule has 1 atom stereocenters. The molecular weight excluding hydrogens is 428 g/mol. The molecule has 1 fully saturated rings. The second kappa shape index (κ2) is 7.26. The molecule has 1 aliphatic heterocycles. The van der Waals surface area contributed by atoms with Crippen LogP contribution in [0.2, 0.25) is 0 Å². The first-order valence-electron chi connectivity index (χ1n) is 9.14. The van der Waals surface area contributed by atoms with Gasteiger partial charge in [-0.05, 0) is 30.0 Å². The number of furan rings is 1. The number of amides is 1. The number of rotatable bonds is 5. The SMILES string of the molecule is O=C(Nc1cc(-c2cccs2)no1)c1cc(-c2ccco2)n(C2CCS(=O)(=O)C2)n1. The molecule has 4 aromatic rings. The monoisotopic (exact) mass is 444 g/mol. The minimum atomic E-state index is -3.12. The zero-order valence-electron chi connectivity index (χ0n) is 15.5. The lowest BCUT2D eigenvalue weighted by atomic mass is 10.2. The number of carbonyl (C=O) groups is 1. The number of anilines is 1. The van der Waals surface area contributed by atoms with Gasteiger partial charge in [0, 0.05) is 12.1 Å². The molecular formula is C19H16N4O5S2. The first kappa shape index (κ1) is 18.8. The summed E-state index contributed by atoms with van der Waals surface area (Å²) in [6.07, 6.45) is 1.95. The number of carbonyl (C=O) groups excluding carboxylic acids is 1. The number of nitrogens with zero attached hydrogens (tertiary/aromatic N) is 3. The number of sulfone groups is 1. The van der Waals surface area contributed by atoms with Crippen LogP contribution in [0.3, 0.4) is 0 Å². The van der Waals surface area contributed by atoms with E-state index in [1.54, 1.807) is 28.9 Å². The Balaban J connectivity index is 1.43. The largest absolute Gasteiger partial charge is 0.463 e. The van der Waals surface area contributed by atoms with Crippen LogP contribution in [0.1, 0.15) is 23.0 Å². The second-order valence-corrected chi connectivity index (χ2v) is 10.1. The summed E-state index contributed by atoms with van der Waals surface area (Å²) >= 11 is 1.51. The molecule has 0 radical (unpaired) electrons. The van der Waals surface area contributed by atoms with Crippen LogP contribution in [0.15, 0.2) is 57.0 Å². The van der Waals surface area contributed by atoms with Gasteiger partial charge in [-0.25, -0.2) is 8.42 Å². The van der Waals surface area contributed by atoms with Gasteiger partial charge >= 0.3 is 0 Å². The fraction of sp³-hybridized carbons (Fsp3) is 0.211. The Hall–Kier alpha value is -3.18. The molecule has 5 rings (SSSR count). The Bertz CT molecular complexity index is 1290. The molecule has 1 saturated heterocycles. The normalized spacial score (nSPS) is 17.9. The average Bonchev–Trinajstić information content (AvgIpc) is 3.49. The number of nitrogens with one attached hydrogen (secondary N) is 1. The van der Waals surface area contributed by atoms with Gasteiger partial charge < -0.3 is 8.94 Å². The molecule has 1 aliphatic rings. The van der Waals surface area contributed by atoms with Gasteiger partial charge in [-0.1, -0.05) is 11.2 Å². The molecule has 154 valence electrons. The number of aromatic nitrogens is 3. The molecule has 9 nitrogen and oxygen atoms in total. The van der Waals surface area contributed by atoms with Gasteiger partial charge in [0.1, 0.15) is 11.4 Å². The highest BCUT2D eigenvalue weighted by molar-refractivity contribution is 7.91. The van der Waals surface area contributed by atoms with Crippen molar-refractivity contribution in [2.24, 2.45) is 0 Å². The van der Waals surface area contributed by atoms with E-state index in [0.29, 0.717) is 23.6 Å². The van der Waals surface area contributed by atoms with Crippen LogP contribution in [0, 0.1) is 0 Å². The van der Waals surface area contributed by atoms with Crippen molar-refractivity contribution < 1.29 is 22.2 Å². The van der Waals surface area contributed by atoms with Gasteiger partial charge in [-0.3, -0.25) is 14.8 Å². The van der Waals surface area contributed by atoms with Crippen molar-refractivity contribution in [3.63, 3.8) is 0 Å². The van der Waals surface area contributed by atoms with Gasteiger partial charge in [0.15, 0.2) is 21.3 Å². The summed E-state index contributed by atoms with van der Waals surface area (Å²) < 4.78 is 36.1. The van der Waals surface area contributed by atoms with E-state index in [9.17, 15) is 13.2 Å². The summed E-state index contributed by atoms with van der Waals surface area (Å²) in [7, 11) is -3.12. The molecule has 4 aromatic heterocycles. The molecule has 1 unspecified atom stereocenters. The van der Waals surface area contributed by atoms with Gasteiger partial charge in [0.25, 0.3) is 5.91 Å². The molecule has 0 spiro atoms. The molecule has 0 aliphatic carbocycles. The maximum Gasteiger partial charge on any atom is 0.278 e. The molecule has 30 heavy (non-hydrogen) atoms. The van der Waals surface area contributed by atoms with Crippen LogP contribution in [-0.4, -0.2) is 40.8 Å². The quantitative estimate of drug-likeness (QED) is 0.500. The smallest absolute Gasteiger partial charge is 0.278 e. The summed E-state index contributed by atoms with van der Waals surface area (Å²) in [6.45, 7) is 0. The van der Waals surface area contributed by atoms with Gasteiger partial charge in [0.05, 0.1) is 28.7 Å². The third-order valence-electron chi connectivity index (χ3n) is 4.82. The van der Waals surface area contributed by atoms with Gasteiger partial charge in [-0.2, -0.15) is 5.10 Å². The Morgan fingerprint density at radius 2 is 2.17 bits per heavy atom. The van der Waals surface area contributed by atoms with Crippen molar-refractivity contribution in [2.45, 2.75) is 12.5 Å². The fourth-order valence-electron chi connectivity index (χ4n) is 3.41. The number of hydrogen-bond donors (Lipinski definition) is 1. The Kier molecular flexibility index (Phi) is 4.55. The number of hydrogen-bond acceptors (Lipinski definition) is 8. The summed E-state index contributed by atoms with van der Waals surface area (Å²) in [4.78, 5) is 13.7. The van der Waals surface area contributed by atoms with E-state index in [1.165, 1.54) is 17.6 Å². The zero-order valence-corrected chi connectivity index (χ0v) is 17.1. The fourth-order valence-corrected chi connectivity index (χ4v) is 5.78. The second-order valence-electron chi connectivity index (χ2n) is 6.90. The van der Waals surface area contributed by atoms with Crippen LogP contribution in [-0.2, 0) is 9.84 Å². The Morgan fingerprint density at radius 3 is 2.87 bits per heavy atom.